The molecule has 116 valence electrons. The van der Waals surface area contributed by atoms with Crippen molar-refractivity contribution in [1.82, 2.24) is 4.90 Å². The SMILES string of the molecule is CC(C)=CCN1CC[C@](CC(C)C)(c2cccc(O)c2)C1. The Morgan fingerprint density at radius 2 is 2.14 bits per heavy atom. The second-order valence-corrected chi connectivity index (χ2v) is 7.20. The molecule has 1 fully saturated rings. The van der Waals surface area contributed by atoms with Crippen molar-refractivity contribution < 1.29 is 5.11 Å². The average Bonchev–Trinajstić information content (AvgIpc) is 2.80. The normalized spacial score (nSPS) is 22.7. The van der Waals surface area contributed by atoms with Crippen LogP contribution in [0, 0.1) is 5.92 Å². The van der Waals surface area contributed by atoms with E-state index in [1.54, 1.807) is 6.07 Å². The maximum atomic E-state index is 9.84. The van der Waals surface area contributed by atoms with Gasteiger partial charge in [0.1, 0.15) is 5.75 Å². The van der Waals surface area contributed by atoms with Gasteiger partial charge in [0, 0.05) is 18.5 Å². The Kier molecular flexibility index (Phi) is 5.10. The Bertz CT molecular complexity index is 502. The molecule has 1 aliphatic heterocycles. The fraction of sp³-hybridized carbons (Fsp3) is 0.579. The van der Waals surface area contributed by atoms with E-state index in [1.807, 2.05) is 12.1 Å². The third-order valence-electron chi connectivity index (χ3n) is 4.45. The van der Waals surface area contributed by atoms with Gasteiger partial charge in [-0.2, -0.15) is 0 Å². The summed E-state index contributed by atoms with van der Waals surface area (Å²) in [5, 5.41) is 9.84. The minimum Gasteiger partial charge on any atom is -0.508 e. The highest BCUT2D eigenvalue weighted by Crippen LogP contribution is 2.40. The van der Waals surface area contributed by atoms with Gasteiger partial charge >= 0.3 is 0 Å². The number of hydrogen-bond donors (Lipinski definition) is 1. The van der Waals surface area contributed by atoms with E-state index in [2.05, 4.69) is 44.7 Å². The van der Waals surface area contributed by atoms with Crippen molar-refractivity contribution in [3.8, 4) is 5.75 Å². The molecule has 21 heavy (non-hydrogen) atoms. The maximum Gasteiger partial charge on any atom is 0.115 e. The van der Waals surface area contributed by atoms with Crippen molar-refractivity contribution in [2.75, 3.05) is 19.6 Å². The number of phenolic OH excluding ortho intramolecular Hbond substituents is 1. The summed E-state index contributed by atoms with van der Waals surface area (Å²) in [7, 11) is 0. The number of likely N-dealkylation sites (tertiary alicyclic amines) is 1. The fourth-order valence-electron chi connectivity index (χ4n) is 3.56. The average molecular weight is 287 g/mol. The molecule has 2 heteroatoms. The van der Waals surface area contributed by atoms with Gasteiger partial charge in [-0.1, -0.05) is 37.6 Å². The lowest BCUT2D eigenvalue weighted by atomic mass is 9.73. The third-order valence-corrected chi connectivity index (χ3v) is 4.45. The molecule has 1 aromatic carbocycles. The lowest BCUT2D eigenvalue weighted by Crippen LogP contribution is -2.32. The first kappa shape index (κ1) is 16.1. The molecule has 2 nitrogen and oxygen atoms in total. The second-order valence-electron chi connectivity index (χ2n) is 7.20. The monoisotopic (exact) mass is 287 g/mol. The largest absolute Gasteiger partial charge is 0.508 e. The predicted octanol–water partition coefficient (Wildman–Crippen LogP) is 4.35. The van der Waals surface area contributed by atoms with E-state index in [0.29, 0.717) is 11.7 Å². The zero-order valence-corrected chi connectivity index (χ0v) is 13.9. The Hall–Kier alpha value is -1.28. The Morgan fingerprint density at radius 1 is 1.38 bits per heavy atom. The van der Waals surface area contributed by atoms with Crippen LogP contribution in [-0.2, 0) is 5.41 Å². The number of aromatic hydroxyl groups is 1. The summed E-state index contributed by atoms with van der Waals surface area (Å²) in [4.78, 5) is 2.54. The molecule has 0 aliphatic carbocycles. The van der Waals surface area contributed by atoms with Gasteiger partial charge < -0.3 is 5.11 Å². The quantitative estimate of drug-likeness (QED) is 0.814. The Labute approximate surface area is 129 Å². The number of allylic oxidation sites excluding steroid dienone is 1. The summed E-state index contributed by atoms with van der Waals surface area (Å²) < 4.78 is 0. The molecule has 2 rings (SSSR count). The van der Waals surface area contributed by atoms with Crippen LogP contribution < -0.4 is 0 Å². The molecule has 1 aromatic rings. The smallest absolute Gasteiger partial charge is 0.115 e. The zero-order valence-electron chi connectivity index (χ0n) is 13.9. The van der Waals surface area contributed by atoms with Crippen molar-refractivity contribution in [3.05, 3.63) is 41.5 Å². The van der Waals surface area contributed by atoms with Crippen LogP contribution in [0.3, 0.4) is 0 Å². The van der Waals surface area contributed by atoms with Gasteiger partial charge in [-0.15, -0.1) is 0 Å². The number of phenols is 1. The molecule has 0 radical (unpaired) electrons. The van der Waals surface area contributed by atoms with Crippen LogP contribution in [0.15, 0.2) is 35.9 Å². The summed E-state index contributed by atoms with van der Waals surface area (Å²) in [6, 6.07) is 7.90. The first-order valence-corrected chi connectivity index (χ1v) is 8.06. The summed E-state index contributed by atoms with van der Waals surface area (Å²) in [6.07, 6.45) is 4.68. The lowest BCUT2D eigenvalue weighted by Gasteiger charge is -2.32. The van der Waals surface area contributed by atoms with Gasteiger partial charge in [-0.25, -0.2) is 0 Å². The molecule has 1 aliphatic rings. The van der Waals surface area contributed by atoms with Gasteiger partial charge in [0.15, 0.2) is 0 Å². The predicted molar refractivity (Wildman–Crippen MR) is 89.7 cm³/mol. The Morgan fingerprint density at radius 3 is 2.76 bits per heavy atom. The van der Waals surface area contributed by atoms with E-state index in [9.17, 15) is 5.11 Å². The van der Waals surface area contributed by atoms with Crippen molar-refractivity contribution >= 4 is 0 Å². The molecule has 1 atom stereocenters. The lowest BCUT2D eigenvalue weighted by molar-refractivity contribution is 0.304. The molecular formula is C19H29NO. The van der Waals surface area contributed by atoms with Crippen LogP contribution in [0.1, 0.15) is 46.1 Å². The fourth-order valence-corrected chi connectivity index (χ4v) is 3.56. The number of hydrogen-bond acceptors (Lipinski definition) is 2. The second kappa shape index (κ2) is 6.65. The van der Waals surface area contributed by atoms with Crippen molar-refractivity contribution in [2.24, 2.45) is 5.92 Å². The summed E-state index contributed by atoms with van der Waals surface area (Å²) >= 11 is 0. The van der Waals surface area contributed by atoms with Gasteiger partial charge in [-0.3, -0.25) is 4.90 Å². The van der Waals surface area contributed by atoms with Crippen LogP contribution in [-0.4, -0.2) is 29.6 Å². The standard InChI is InChI=1S/C19H29NO/c1-15(2)8-10-20-11-9-19(14-20,13-16(3)4)17-6-5-7-18(21)12-17/h5-8,12,16,21H,9-11,13-14H2,1-4H3/t19-/m1/s1. The number of benzene rings is 1. The highest BCUT2D eigenvalue weighted by Gasteiger charge is 2.39. The topological polar surface area (TPSA) is 23.5 Å². The van der Waals surface area contributed by atoms with E-state index >= 15 is 0 Å². The van der Waals surface area contributed by atoms with E-state index in [4.69, 9.17) is 0 Å². The number of nitrogens with zero attached hydrogens (tertiary/aromatic N) is 1. The van der Waals surface area contributed by atoms with E-state index in [1.165, 1.54) is 24.0 Å². The van der Waals surface area contributed by atoms with Crippen LogP contribution in [0.5, 0.6) is 5.75 Å². The molecule has 0 amide bonds. The van der Waals surface area contributed by atoms with Crippen LogP contribution in [0.4, 0.5) is 0 Å². The summed E-state index contributed by atoms with van der Waals surface area (Å²) in [6.45, 7) is 12.2. The van der Waals surface area contributed by atoms with Crippen LogP contribution >= 0.6 is 0 Å². The highest BCUT2D eigenvalue weighted by molar-refractivity contribution is 5.34. The molecule has 0 spiro atoms. The summed E-state index contributed by atoms with van der Waals surface area (Å²) in [5.74, 6) is 1.05. The minimum absolute atomic E-state index is 0.197. The van der Waals surface area contributed by atoms with Crippen LogP contribution in [0.25, 0.3) is 0 Å². The van der Waals surface area contributed by atoms with Gasteiger partial charge in [0.25, 0.3) is 0 Å². The van der Waals surface area contributed by atoms with Gasteiger partial charge in [0.2, 0.25) is 0 Å². The first-order chi connectivity index (χ1) is 9.91. The first-order valence-electron chi connectivity index (χ1n) is 8.06. The summed E-state index contributed by atoms with van der Waals surface area (Å²) in [5.41, 5.74) is 2.88. The molecule has 0 unspecified atom stereocenters. The molecule has 1 saturated heterocycles. The van der Waals surface area contributed by atoms with E-state index in [-0.39, 0.29) is 5.41 Å². The van der Waals surface area contributed by atoms with E-state index in [0.717, 1.165) is 19.6 Å². The third kappa shape index (κ3) is 4.10. The van der Waals surface area contributed by atoms with Gasteiger partial charge in [-0.05, 0) is 56.8 Å². The van der Waals surface area contributed by atoms with Crippen molar-refractivity contribution in [3.63, 3.8) is 0 Å². The van der Waals surface area contributed by atoms with Crippen LogP contribution in [0.2, 0.25) is 0 Å². The molecule has 0 aromatic heterocycles. The molecule has 0 saturated carbocycles. The highest BCUT2D eigenvalue weighted by atomic mass is 16.3. The maximum absolute atomic E-state index is 9.84. The molecular weight excluding hydrogens is 258 g/mol. The molecule has 1 heterocycles. The van der Waals surface area contributed by atoms with E-state index < -0.39 is 0 Å². The molecule has 0 bridgehead atoms. The van der Waals surface area contributed by atoms with Crippen molar-refractivity contribution in [2.45, 2.75) is 46.0 Å². The Balaban J connectivity index is 2.22. The van der Waals surface area contributed by atoms with Gasteiger partial charge in [0.05, 0.1) is 0 Å². The molecule has 1 N–H and O–H groups in total. The zero-order chi connectivity index (χ0) is 15.5. The minimum atomic E-state index is 0.197. The number of rotatable bonds is 5. The van der Waals surface area contributed by atoms with Crippen molar-refractivity contribution in [1.29, 1.82) is 0 Å².